The molecule has 2 heterocycles. The van der Waals surface area contributed by atoms with Crippen molar-refractivity contribution in [1.82, 2.24) is 14.8 Å². The maximum atomic E-state index is 12.5. The number of halogens is 2. The second-order valence-electron chi connectivity index (χ2n) is 3.44. The number of rotatable bonds is 4. The highest BCUT2D eigenvalue weighted by Crippen LogP contribution is 2.19. The molecular weight excluding hydrogens is 228 g/mol. The molecule has 4 nitrogen and oxygen atoms in total. The molecule has 0 unspecified atom stereocenters. The predicted molar refractivity (Wildman–Crippen MR) is 56.7 cm³/mol. The molecule has 0 aliphatic heterocycles. The molecule has 0 fully saturated rings. The zero-order chi connectivity index (χ0) is 12.3. The van der Waals surface area contributed by atoms with E-state index in [4.69, 9.17) is 4.74 Å². The minimum Gasteiger partial charge on any atom is -0.471 e. The van der Waals surface area contributed by atoms with Crippen LogP contribution >= 0.6 is 0 Å². The minimum atomic E-state index is -2.53. The van der Waals surface area contributed by atoms with Crippen molar-refractivity contribution in [3.63, 3.8) is 0 Å². The number of hydrogen-bond donors (Lipinski definition) is 0. The largest absolute Gasteiger partial charge is 0.471 e. The van der Waals surface area contributed by atoms with E-state index in [2.05, 4.69) is 10.1 Å². The molecule has 0 bridgehead atoms. The Balaban J connectivity index is 2.02. The van der Waals surface area contributed by atoms with E-state index in [1.54, 1.807) is 24.4 Å². The number of alkyl halides is 2. The Hall–Kier alpha value is -1.98. The number of hydrogen-bond acceptors (Lipinski definition) is 3. The molecular formula is C11H11F2N3O. The fourth-order valence-electron chi connectivity index (χ4n) is 1.40. The summed E-state index contributed by atoms with van der Waals surface area (Å²) in [5.74, 6) is 0.441. The number of aryl methyl sites for hydroxylation is 1. The fourth-order valence-corrected chi connectivity index (χ4v) is 1.40. The predicted octanol–water partition coefficient (Wildman–Crippen LogP) is 2.33. The van der Waals surface area contributed by atoms with Crippen LogP contribution in [0.3, 0.4) is 0 Å². The minimum absolute atomic E-state index is 0.121. The van der Waals surface area contributed by atoms with Crippen LogP contribution < -0.4 is 4.74 Å². The molecule has 2 rings (SSSR count). The molecule has 6 heteroatoms. The van der Waals surface area contributed by atoms with E-state index in [0.29, 0.717) is 11.6 Å². The Bertz CT molecular complexity index is 485. The second kappa shape index (κ2) is 4.90. The van der Waals surface area contributed by atoms with Crippen LogP contribution in [-0.2, 0) is 13.7 Å². The molecule has 0 aliphatic carbocycles. The second-order valence-corrected chi connectivity index (χ2v) is 3.44. The van der Waals surface area contributed by atoms with Crippen molar-refractivity contribution in [3.05, 3.63) is 41.9 Å². The first-order valence-corrected chi connectivity index (χ1v) is 5.01. The van der Waals surface area contributed by atoms with Crippen molar-refractivity contribution in [1.29, 1.82) is 0 Å². The first kappa shape index (κ1) is 11.5. The third kappa shape index (κ3) is 2.77. The van der Waals surface area contributed by atoms with Crippen molar-refractivity contribution < 1.29 is 13.5 Å². The molecule has 0 aliphatic rings. The molecule has 90 valence electrons. The molecule has 2 aromatic rings. The van der Waals surface area contributed by atoms with E-state index in [9.17, 15) is 8.78 Å². The number of aromatic nitrogens is 3. The highest BCUT2D eigenvalue weighted by atomic mass is 19.3. The molecule has 0 radical (unpaired) electrons. The van der Waals surface area contributed by atoms with Crippen molar-refractivity contribution in [2.24, 2.45) is 7.05 Å². The van der Waals surface area contributed by atoms with Gasteiger partial charge in [-0.1, -0.05) is 6.07 Å². The standard InChI is InChI=1S/C11H11F2N3O/c1-16-9(11(12)13)6-8(15-16)7-17-10-4-2-3-5-14-10/h2-6,11H,7H2,1H3. The number of pyridine rings is 1. The summed E-state index contributed by atoms with van der Waals surface area (Å²) in [6.07, 6.45) is -0.936. The molecule has 0 atom stereocenters. The first-order valence-electron chi connectivity index (χ1n) is 5.01. The van der Waals surface area contributed by atoms with Crippen molar-refractivity contribution in [3.8, 4) is 5.88 Å². The third-order valence-corrected chi connectivity index (χ3v) is 2.20. The number of ether oxygens (including phenoxy) is 1. The van der Waals surface area contributed by atoms with Crippen LogP contribution in [0.15, 0.2) is 30.5 Å². The van der Waals surface area contributed by atoms with Gasteiger partial charge in [0.2, 0.25) is 5.88 Å². The van der Waals surface area contributed by atoms with Gasteiger partial charge in [0.25, 0.3) is 6.43 Å². The van der Waals surface area contributed by atoms with Crippen LogP contribution in [0, 0.1) is 0 Å². The normalized spacial score (nSPS) is 10.8. The lowest BCUT2D eigenvalue weighted by molar-refractivity contribution is 0.141. The van der Waals surface area contributed by atoms with Gasteiger partial charge in [0.15, 0.2) is 0 Å². The fraction of sp³-hybridized carbons (Fsp3) is 0.273. The maximum Gasteiger partial charge on any atom is 0.280 e. The van der Waals surface area contributed by atoms with Gasteiger partial charge >= 0.3 is 0 Å². The summed E-state index contributed by atoms with van der Waals surface area (Å²) in [5, 5.41) is 3.93. The molecule has 0 saturated carbocycles. The van der Waals surface area contributed by atoms with E-state index in [1.807, 2.05) is 0 Å². The Morgan fingerprint density at radius 3 is 2.82 bits per heavy atom. The van der Waals surface area contributed by atoms with Crippen LogP contribution in [0.5, 0.6) is 5.88 Å². The van der Waals surface area contributed by atoms with Crippen molar-refractivity contribution >= 4 is 0 Å². The van der Waals surface area contributed by atoms with Crippen molar-refractivity contribution in [2.45, 2.75) is 13.0 Å². The van der Waals surface area contributed by atoms with Gasteiger partial charge in [-0.2, -0.15) is 5.10 Å². The summed E-state index contributed by atoms with van der Waals surface area (Å²) < 4.78 is 31.4. The van der Waals surface area contributed by atoms with Gasteiger partial charge in [-0.05, 0) is 12.1 Å². The summed E-state index contributed by atoms with van der Waals surface area (Å²) in [4.78, 5) is 3.95. The molecule has 0 aromatic carbocycles. The van der Waals surface area contributed by atoms with E-state index in [-0.39, 0.29) is 12.3 Å². The van der Waals surface area contributed by atoms with Crippen LogP contribution in [0.25, 0.3) is 0 Å². The third-order valence-electron chi connectivity index (χ3n) is 2.20. The van der Waals surface area contributed by atoms with Crippen LogP contribution in [0.1, 0.15) is 17.8 Å². The summed E-state index contributed by atoms with van der Waals surface area (Å²) >= 11 is 0. The molecule has 2 aromatic heterocycles. The highest BCUT2D eigenvalue weighted by Gasteiger charge is 2.14. The Kier molecular flexibility index (Phi) is 3.32. The van der Waals surface area contributed by atoms with Crippen molar-refractivity contribution in [2.75, 3.05) is 0 Å². The summed E-state index contributed by atoms with van der Waals surface area (Å²) in [6, 6.07) is 6.57. The van der Waals surface area contributed by atoms with Crippen LogP contribution in [0.4, 0.5) is 8.78 Å². The van der Waals surface area contributed by atoms with Gasteiger partial charge in [0.05, 0.1) is 0 Å². The zero-order valence-electron chi connectivity index (χ0n) is 9.18. The summed E-state index contributed by atoms with van der Waals surface area (Å²) in [7, 11) is 1.48. The van der Waals surface area contributed by atoms with Gasteiger partial charge in [-0.25, -0.2) is 13.8 Å². The zero-order valence-corrected chi connectivity index (χ0v) is 9.18. The maximum absolute atomic E-state index is 12.5. The molecule has 0 spiro atoms. The smallest absolute Gasteiger partial charge is 0.280 e. The van der Waals surface area contributed by atoms with E-state index >= 15 is 0 Å². The monoisotopic (exact) mass is 239 g/mol. The summed E-state index contributed by atoms with van der Waals surface area (Å²) in [5.41, 5.74) is 0.332. The Labute approximate surface area is 96.9 Å². The Morgan fingerprint density at radius 2 is 2.24 bits per heavy atom. The average Bonchev–Trinajstić information content (AvgIpc) is 2.69. The molecule has 0 amide bonds. The van der Waals surface area contributed by atoms with Crippen LogP contribution in [-0.4, -0.2) is 14.8 Å². The van der Waals surface area contributed by atoms with E-state index in [0.717, 1.165) is 4.68 Å². The summed E-state index contributed by atoms with van der Waals surface area (Å²) in [6.45, 7) is 0.123. The van der Waals surface area contributed by atoms with Gasteiger partial charge in [0.1, 0.15) is 18.0 Å². The van der Waals surface area contributed by atoms with Gasteiger partial charge in [-0.15, -0.1) is 0 Å². The average molecular weight is 239 g/mol. The lowest BCUT2D eigenvalue weighted by Gasteiger charge is -2.01. The number of nitrogens with zero attached hydrogens (tertiary/aromatic N) is 3. The SMILES string of the molecule is Cn1nc(COc2ccccn2)cc1C(F)F. The first-order chi connectivity index (χ1) is 8.16. The topological polar surface area (TPSA) is 39.9 Å². The van der Waals surface area contributed by atoms with E-state index in [1.165, 1.54) is 13.1 Å². The van der Waals surface area contributed by atoms with E-state index < -0.39 is 6.43 Å². The highest BCUT2D eigenvalue weighted by molar-refractivity contribution is 5.13. The lowest BCUT2D eigenvalue weighted by Crippen LogP contribution is -2.00. The molecule has 0 N–H and O–H groups in total. The molecule has 17 heavy (non-hydrogen) atoms. The van der Waals surface area contributed by atoms with Crippen LogP contribution in [0.2, 0.25) is 0 Å². The Morgan fingerprint density at radius 1 is 1.41 bits per heavy atom. The van der Waals surface area contributed by atoms with Gasteiger partial charge in [0, 0.05) is 19.3 Å². The molecule has 0 saturated heterocycles. The quantitative estimate of drug-likeness (QED) is 0.822. The van der Waals surface area contributed by atoms with Gasteiger partial charge < -0.3 is 4.74 Å². The van der Waals surface area contributed by atoms with Gasteiger partial charge in [-0.3, -0.25) is 4.68 Å². The lowest BCUT2D eigenvalue weighted by atomic mass is 10.3.